The maximum Gasteiger partial charge on any atom is 0.417 e. The highest BCUT2D eigenvalue weighted by molar-refractivity contribution is 7.98. The summed E-state index contributed by atoms with van der Waals surface area (Å²) in [6, 6.07) is 0.0117. The van der Waals surface area contributed by atoms with Crippen molar-refractivity contribution in [2.45, 2.75) is 43.8 Å². The van der Waals surface area contributed by atoms with Crippen LogP contribution in [0.2, 0.25) is 0 Å². The van der Waals surface area contributed by atoms with Crippen LogP contribution in [0, 0.1) is 20.2 Å². The van der Waals surface area contributed by atoms with E-state index in [9.17, 15) is 33.4 Å². The summed E-state index contributed by atoms with van der Waals surface area (Å²) in [7, 11) is 0. The van der Waals surface area contributed by atoms with Crippen LogP contribution in [0.1, 0.15) is 32.3 Å². The lowest BCUT2D eigenvalue weighted by molar-refractivity contribution is -0.394. The highest BCUT2D eigenvalue weighted by Crippen LogP contribution is 2.48. The Labute approximate surface area is 139 Å². The minimum atomic E-state index is -4.94. The number of nitro benzene ring substituents is 2. The zero-order valence-corrected chi connectivity index (χ0v) is 14.0. The number of anilines is 1. The first-order chi connectivity index (χ1) is 11.1. The number of rotatable bonds is 7. The fourth-order valence-electron chi connectivity index (χ4n) is 2.21. The van der Waals surface area contributed by atoms with Crippen LogP contribution in [0.3, 0.4) is 0 Å². The molecule has 0 radical (unpaired) electrons. The van der Waals surface area contributed by atoms with Gasteiger partial charge in [-0.1, -0.05) is 13.8 Å². The maximum atomic E-state index is 13.2. The number of hydrogen-bond donors (Lipinski definition) is 1. The molecular formula is C13H16F3N3O4S. The molecule has 0 saturated carbocycles. The topological polar surface area (TPSA) is 98.3 Å². The first kappa shape index (κ1) is 20.0. The third kappa shape index (κ3) is 4.08. The van der Waals surface area contributed by atoms with Gasteiger partial charge in [0.15, 0.2) is 5.69 Å². The Morgan fingerprint density at radius 1 is 1.21 bits per heavy atom. The van der Waals surface area contributed by atoms with Crippen LogP contribution in [0.25, 0.3) is 0 Å². The van der Waals surface area contributed by atoms with Crippen LogP contribution in [0.5, 0.6) is 0 Å². The van der Waals surface area contributed by atoms with Gasteiger partial charge in [0.2, 0.25) is 0 Å². The van der Waals surface area contributed by atoms with Crippen molar-refractivity contribution in [1.82, 2.24) is 0 Å². The van der Waals surface area contributed by atoms with Crippen LogP contribution in [0.4, 0.5) is 30.2 Å². The Bertz CT molecular complexity index is 648. The Morgan fingerprint density at radius 3 is 2.08 bits per heavy atom. The average molecular weight is 367 g/mol. The van der Waals surface area contributed by atoms with Crippen LogP contribution < -0.4 is 5.32 Å². The molecule has 1 aromatic rings. The van der Waals surface area contributed by atoms with Crippen molar-refractivity contribution < 1.29 is 23.0 Å². The molecule has 24 heavy (non-hydrogen) atoms. The molecule has 1 rings (SSSR count). The highest BCUT2D eigenvalue weighted by Gasteiger charge is 2.42. The molecule has 0 bridgehead atoms. The molecule has 0 aliphatic rings. The summed E-state index contributed by atoms with van der Waals surface area (Å²) >= 11 is 0.530. The van der Waals surface area contributed by atoms with Crippen molar-refractivity contribution in [2.75, 3.05) is 11.6 Å². The molecule has 1 aromatic carbocycles. The predicted octanol–water partition coefficient (Wildman–Crippen LogP) is 4.84. The lowest BCUT2D eigenvalue weighted by Crippen LogP contribution is -2.20. The Hall–Kier alpha value is -2.04. The minimum Gasteiger partial charge on any atom is -0.371 e. The number of alkyl halides is 3. The number of benzene rings is 1. The van der Waals surface area contributed by atoms with Crippen LogP contribution in [-0.2, 0) is 6.18 Å². The van der Waals surface area contributed by atoms with E-state index in [1.807, 2.05) is 0 Å². The van der Waals surface area contributed by atoms with Gasteiger partial charge in [0, 0.05) is 12.1 Å². The molecule has 0 saturated heterocycles. The van der Waals surface area contributed by atoms with E-state index in [4.69, 9.17) is 0 Å². The van der Waals surface area contributed by atoms with E-state index < -0.39 is 43.5 Å². The number of halogens is 3. The molecule has 0 aliphatic heterocycles. The van der Waals surface area contributed by atoms with Crippen molar-refractivity contribution in [1.29, 1.82) is 0 Å². The smallest absolute Gasteiger partial charge is 0.371 e. The fourth-order valence-corrected chi connectivity index (χ4v) is 2.98. The standard InChI is InChI=1S/C13H16F3N3O4S/c1-4-7(5-2)17-10-9(18(20)21)6-8(13(14,15)16)12(24-3)11(10)19(22)23/h6-7,17H,4-5H2,1-3H3. The zero-order chi connectivity index (χ0) is 18.7. The van der Waals surface area contributed by atoms with Crippen LogP contribution >= 0.6 is 11.8 Å². The number of nitrogens with zero attached hydrogens (tertiary/aromatic N) is 2. The largest absolute Gasteiger partial charge is 0.417 e. The number of nitrogens with one attached hydrogen (secondary N) is 1. The first-order valence-corrected chi connectivity index (χ1v) is 8.18. The average Bonchev–Trinajstić information content (AvgIpc) is 2.49. The SMILES string of the molecule is CCC(CC)Nc1c([N+](=O)[O-])cc(C(F)(F)F)c(SC)c1[N+](=O)[O-]. The summed E-state index contributed by atoms with van der Waals surface area (Å²) in [6.07, 6.45) is -2.69. The molecule has 0 atom stereocenters. The summed E-state index contributed by atoms with van der Waals surface area (Å²) in [5.41, 5.74) is -3.76. The minimum absolute atomic E-state index is 0.339. The molecule has 134 valence electrons. The van der Waals surface area contributed by atoms with Gasteiger partial charge in [-0.3, -0.25) is 20.2 Å². The van der Waals surface area contributed by atoms with Gasteiger partial charge < -0.3 is 5.32 Å². The molecule has 0 aromatic heterocycles. The second-order valence-corrected chi connectivity index (χ2v) is 5.69. The molecule has 0 heterocycles. The van der Waals surface area contributed by atoms with Crippen LogP contribution in [-0.4, -0.2) is 22.1 Å². The normalized spacial score (nSPS) is 11.6. The lowest BCUT2D eigenvalue weighted by Gasteiger charge is -2.19. The summed E-state index contributed by atoms with van der Waals surface area (Å²) in [4.78, 5) is 19.9. The van der Waals surface area contributed by atoms with Gasteiger partial charge >= 0.3 is 11.9 Å². The molecule has 1 N–H and O–H groups in total. The summed E-state index contributed by atoms with van der Waals surface area (Å²) in [5, 5.41) is 25.2. The Kier molecular flexibility index (Phi) is 6.41. The molecule has 0 aliphatic carbocycles. The summed E-state index contributed by atoms with van der Waals surface area (Å²) < 4.78 is 39.5. The molecular weight excluding hydrogens is 351 g/mol. The third-order valence-electron chi connectivity index (χ3n) is 3.46. The maximum absolute atomic E-state index is 13.2. The van der Waals surface area contributed by atoms with Gasteiger partial charge in [-0.15, -0.1) is 11.8 Å². The van der Waals surface area contributed by atoms with Gasteiger partial charge in [0.25, 0.3) is 5.69 Å². The van der Waals surface area contributed by atoms with Gasteiger partial charge in [0.05, 0.1) is 20.3 Å². The van der Waals surface area contributed by atoms with Crippen molar-refractivity contribution in [2.24, 2.45) is 0 Å². The van der Waals surface area contributed by atoms with Crippen LogP contribution in [0.15, 0.2) is 11.0 Å². The van der Waals surface area contributed by atoms with Gasteiger partial charge in [-0.05, 0) is 19.1 Å². The van der Waals surface area contributed by atoms with Crippen molar-refractivity contribution >= 4 is 28.8 Å². The van der Waals surface area contributed by atoms with E-state index in [0.717, 1.165) is 0 Å². The first-order valence-electron chi connectivity index (χ1n) is 6.95. The molecule has 0 spiro atoms. The number of hydrogen-bond acceptors (Lipinski definition) is 6. The number of thioether (sulfide) groups is 1. The number of nitro groups is 2. The molecule has 11 heteroatoms. The van der Waals surface area contributed by atoms with Gasteiger partial charge in [-0.2, -0.15) is 13.2 Å². The van der Waals surface area contributed by atoms with Crippen molar-refractivity contribution in [3.05, 3.63) is 31.9 Å². The molecule has 7 nitrogen and oxygen atoms in total. The Balaban J connectivity index is 3.84. The van der Waals surface area contributed by atoms with E-state index in [1.165, 1.54) is 6.26 Å². The van der Waals surface area contributed by atoms with E-state index >= 15 is 0 Å². The van der Waals surface area contributed by atoms with Crippen molar-refractivity contribution in [3.63, 3.8) is 0 Å². The highest BCUT2D eigenvalue weighted by atomic mass is 32.2. The summed E-state index contributed by atoms with van der Waals surface area (Å²) in [5.74, 6) is 0. The quantitative estimate of drug-likeness (QED) is 0.420. The van der Waals surface area contributed by atoms with Gasteiger partial charge in [-0.25, -0.2) is 0 Å². The van der Waals surface area contributed by atoms with Gasteiger partial charge in [0.1, 0.15) is 0 Å². The molecule has 0 fully saturated rings. The monoisotopic (exact) mass is 367 g/mol. The van der Waals surface area contributed by atoms with E-state index in [1.54, 1.807) is 13.8 Å². The molecule has 0 amide bonds. The third-order valence-corrected chi connectivity index (χ3v) is 4.28. The lowest BCUT2D eigenvalue weighted by atomic mass is 10.1. The summed E-state index contributed by atoms with van der Waals surface area (Å²) in [6.45, 7) is 3.52. The van der Waals surface area contributed by atoms with E-state index in [0.29, 0.717) is 30.7 Å². The predicted molar refractivity (Wildman–Crippen MR) is 84.5 cm³/mol. The second-order valence-electron chi connectivity index (χ2n) is 4.87. The Morgan fingerprint density at radius 2 is 1.75 bits per heavy atom. The fraction of sp³-hybridized carbons (Fsp3) is 0.538. The molecule has 0 unspecified atom stereocenters. The van der Waals surface area contributed by atoms with E-state index in [-0.39, 0.29) is 6.04 Å². The van der Waals surface area contributed by atoms with E-state index in [2.05, 4.69) is 5.32 Å². The van der Waals surface area contributed by atoms with Crippen molar-refractivity contribution in [3.8, 4) is 0 Å². The zero-order valence-electron chi connectivity index (χ0n) is 13.1. The second kappa shape index (κ2) is 7.69.